The lowest BCUT2D eigenvalue weighted by Crippen LogP contribution is -2.45. The first-order valence-electron chi connectivity index (χ1n) is 6.24. The van der Waals surface area contributed by atoms with Crippen LogP contribution in [0.1, 0.15) is 19.8 Å². The predicted octanol–water partition coefficient (Wildman–Crippen LogP) is 1.67. The zero-order valence-corrected chi connectivity index (χ0v) is 10.9. The minimum Gasteiger partial charge on any atom is -0.313 e. The van der Waals surface area contributed by atoms with Gasteiger partial charge >= 0.3 is 0 Å². The predicted molar refractivity (Wildman–Crippen MR) is 68.5 cm³/mol. The van der Waals surface area contributed by atoms with E-state index in [0.717, 1.165) is 17.9 Å². The smallest absolute Gasteiger partial charge is 0.0120 e. The van der Waals surface area contributed by atoms with E-state index in [0.29, 0.717) is 0 Å². The summed E-state index contributed by atoms with van der Waals surface area (Å²) in [6, 6.07) is 0.813. The molecule has 3 heteroatoms. The van der Waals surface area contributed by atoms with Crippen LogP contribution in [0.5, 0.6) is 0 Å². The molecule has 0 radical (unpaired) electrons. The van der Waals surface area contributed by atoms with E-state index in [1.165, 1.54) is 44.8 Å². The molecule has 2 aliphatic rings. The number of fused-ring (bicyclic) bond motifs is 2. The Kier molecular flexibility index (Phi) is 4.35. The Labute approximate surface area is 98.2 Å². The molecule has 15 heavy (non-hydrogen) atoms. The molecule has 4 unspecified atom stereocenters. The van der Waals surface area contributed by atoms with E-state index in [4.69, 9.17) is 0 Å². The first-order chi connectivity index (χ1) is 7.29. The second-order valence-corrected chi connectivity index (χ2v) is 6.12. The topological polar surface area (TPSA) is 15.3 Å². The molecule has 0 spiro atoms. The van der Waals surface area contributed by atoms with Crippen LogP contribution in [0.25, 0.3) is 0 Å². The molecule has 2 nitrogen and oxygen atoms in total. The van der Waals surface area contributed by atoms with Gasteiger partial charge in [0.2, 0.25) is 0 Å². The second kappa shape index (κ2) is 5.55. The maximum Gasteiger partial charge on any atom is 0.0120 e. The highest BCUT2D eigenvalue weighted by molar-refractivity contribution is 7.98. The number of hydrogen-bond acceptors (Lipinski definition) is 3. The van der Waals surface area contributed by atoms with Gasteiger partial charge < -0.3 is 10.2 Å². The number of piperidine rings is 1. The molecule has 4 atom stereocenters. The van der Waals surface area contributed by atoms with Crippen LogP contribution in [0.2, 0.25) is 0 Å². The molecule has 2 bridgehead atoms. The molecule has 2 saturated heterocycles. The third kappa shape index (κ3) is 3.11. The lowest BCUT2D eigenvalue weighted by Gasteiger charge is -2.31. The van der Waals surface area contributed by atoms with E-state index in [-0.39, 0.29) is 0 Å². The highest BCUT2D eigenvalue weighted by atomic mass is 32.2. The van der Waals surface area contributed by atoms with Crippen molar-refractivity contribution in [1.29, 1.82) is 0 Å². The number of nitrogens with one attached hydrogen (secondary N) is 1. The average molecular weight is 228 g/mol. The summed E-state index contributed by atoms with van der Waals surface area (Å²) in [5, 5.41) is 3.79. The molecule has 2 fully saturated rings. The van der Waals surface area contributed by atoms with Gasteiger partial charge in [-0.2, -0.15) is 11.8 Å². The molecule has 0 aliphatic carbocycles. The lowest BCUT2D eigenvalue weighted by atomic mass is 9.94. The largest absolute Gasteiger partial charge is 0.313 e. The summed E-state index contributed by atoms with van der Waals surface area (Å²) >= 11 is 1.96. The summed E-state index contributed by atoms with van der Waals surface area (Å²) in [6.07, 6.45) is 5.00. The zero-order chi connectivity index (χ0) is 10.7. The minimum absolute atomic E-state index is 0.813. The van der Waals surface area contributed by atoms with Gasteiger partial charge in [-0.3, -0.25) is 0 Å². The van der Waals surface area contributed by atoms with Crippen LogP contribution in [0, 0.1) is 11.8 Å². The SMILES string of the molecule is CSCC(C)CNC1CCN2CCC1C2. The van der Waals surface area contributed by atoms with Gasteiger partial charge in [0.1, 0.15) is 0 Å². The van der Waals surface area contributed by atoms with Crippen molar-refractivity contribution in [3.05, 3.63) is 0 Å². The molecule has 2 rings (SSSR count). The van der Waals surface area contributed by atoms with Gasteiger partial charge in [-0.05, 0) is 56.3 Å². The Hall–Kier alpha value is 0.270. The Morgan fingerprint density at radius 1 is 1.40 bits per heavy atom. The van der Waals surface area contributed by atoms with Crippen molar-refractivity contribution in [3.63, 3.8) is 0 Å². The van der Waals surface area contributed by atoms with Crippen molar-refractivity contribution < 1.29 is 0 Å². The fourth-order valence-electron chi connectivity index (χ4n) is 2.92. The fourth-order valence-corrected chi connectivity index (χ4v) is 3.60. The van der Waals surface area contributed by atoms with Gasteiger partial charge in [0.05, 0.1) is 0 Å². The van der Waals surface area contributed by atoms with Crippen LogP contribution in [-0.2, 0) is 0 Å². The van der Waals surface area contributed by atoms with Crippen LogP contribution in [0.15, 0.2) is 0 Å². The van der Waals surface area contributed by atoms with Crippen molar-refractivity contribution in [2.24, 2.45) is 11.8 Å². The second-order valence-electron chi connectivity index (χ2n) is 5.21. The Morgan fingerprint density at radius 3 is 3.00 bits per heavy atom. The van der Waals surface area contributed by atoms with Crippen LogP contribution in [0.3, 0.4) is 0 Å². The van der Waals surface area contributed by atoms with Gasteiger partial charge in [-0.1, -0.05) is 6.92 Å². The molecule has 0 aromatic rings. The Morgan fingerprint density at radius 2 is 2.20 bits per heavy atom. The summed E-state index contributed by atoms with van der Waals surface area (Å²) in [6.45, 7) is 7.60. The molecular weight excluding hydrogens is 204 g/mol. The molecule has 0 saturated carbocycles. The number of hydrogen-bond donors (Lipinski definition) is 1. The summed E-state index contributed by atoms with van der Waals surface area (Å²) in [5.74, 6) is 3.05. The molecule has 1 N–H and O–H groups in total. The highest BCUT2D eigenvalue weighted by Gasteiger charge is 2.33. The zero-order valence-electron chi connectivity index (χ0n) is 10.0. The maximum absolute atomic E-state index is 3.79. The van der Waals surface area contributed by atoms with Gasteiger partial charge in [-0.25, -0.2) is 0 Å². The number of nitrogens with zero attached hydrogens (tertiary/aromatic N) is 1. The molecule has 2 heterocycles. The van der Waals surface area contributed by atoms with Gasteiger partial charge in [0.25, 0.3) is 0 Å². The summed E-state index contributed by atoms with van der Waals surface area (Å²) in [7, 11) is 0. The van der Waals surface area contributed by atoms with Crippen LogP contribution in [-0.4, -0.2) is 49.1 Å². The minimum atomic E-state index is 0.813. The maximum atomic E-state index is 3.79. The molecule has 2 aliphatic heterocycles. The standard InChI is InChI=1S/C12H24N2S/c1-10(9-15-2)7-13-12-4-6-14-5-3-11(12)8-14/h10-13H,3-9H2,1-2H3. The van der Waals surface area contributed by atoms with Gasteiger partial charge in [0, 0.05) is 12.6 Å². The van der Waals surface area contributed by atoms with Crippen LogP contribution < -0.4 is 5.32 Å². The first-order valence-corrected chi connectivity index (χ1v) is 7.63. The molecule has 0 amide bonds. The fraction of sp³-hybridized carbons (Fsp3) is 1.00. The quantitative estimate of drug-likeness (QED) is 0.770. The van der Waals surface area contributed by atoms with Crippen LogP contribution >= 0.6 is 11.8 Å². The van der Waals surface area contributed by atoms with E-state index >= 15 is 0 Å². The van der Waals surface area contributed by atoms with E-state index in [2.05, 4.69) is 23.4 Å². The number of rotatable bonds is 5. The third-order valence-electron chi connectivity index (χ3n) is 3.81. The van der Waals surface area contributed by atoms with Crippen molar-refractivity contribution in [3.8, 4) is 0 Å². The van der Waals surface area contributed by atoms with E-state index in [1.54, 1.807) is 0 Å². The average Bonchev–Trinajstić information content (AvgIpc) is 2.61. The van der Waals surface area contributed by atoms with Crippen molar-refractivity contribution in [2.45, 2.75) is 25.8 Å². The molecule has 0 aromatic heterocycles. The van der Waals surface area contributed by atoms with Gasteiger partial charge in [-0.15, -0.1) is 0 Å². The third-order valence-corrected chi connectivity index (χ3v) is 4.72. The van der Waals surface area contributed by atoms with Crippen LogP contribution in [0.4, 0.5) is 0 Å². The van der Waals surface area contributed by atoms with Crippen molar-refractivity contribution >= 4 is 11.8 Å². The summed E-state index contributed by atoms with van der Waals surface area (Å²) in [5.41, 5.74) is 0. The summed E-state index contributed by atoms with van der Waals surface area (Å²) < 4.78 is 0. The van der Waals surface area contributed by atoms with E-state index in [9.17, 15) is 0 Å². The first kappa shape index (κ1) is 11.7. The normalized spacial score (nSPS) is 36.8. The van der Waals surface area contributed by atoms with E-state index < -0.39 is 0 Å². The number of thioether (sulfide) groups is 1. The van der Waals surface area contributed by atoms with Crippen molar-refractivity contribution in [1.82, 2.24) is 10.2 Å². The molecule has 0 aromatic carbocycles. The van der Waals surface area contributed by atoms with Crippen molar-refractivity contribution in [2.75, 3.05) is 38.2 Å². The van der Waals surface area contributed by atoms with E-state index in [1.807, 2.05) is 11.8 Å². The highest BCUT2D eigenvalue weighted by Crippen LogP contribution is 2.27. The summed E-state index contributed by atoms with van der Waals surface area (Å²) in [4.78, 5) is 2.62. The molecular formula is C12H24N2S. The Bertz CT molecular complexity index is 198. The molecule has 88 valence electrons. The Balaban J connectivity index is 1.70. The monoisotopic (exact) mass is 228 g/mol. The lowest BCUT2D eigenvalue weighted by molar-refractivity contribution is 0.218. The van der Waals surface area contributed by atoms with Gasteiger partial charge in [0.15, 0.2) is 0 Å².